The highest BCUT2D eigenvalue weighted by molar-refractivity contribution is 6.31. The molecule has 0 spiro atoms. The molecule has 1 saturated heterocycles. The van der Waals surface area contributed by atoms with Crippen LogP contribution in [0.4, 0.5) is 5.69 Å². The fourth-order valence-electron chi connectivity index (χ4n) is 3.07. The Hall–Kier alpha value is -2.41. The number of guanidine groups is 1. The maximum Gasteiger partial charge on any atom is 0.257 e. The minimum absolute atomic E-state index is 0.203. The van der Waals surface area contributed by atoms with Crippen molar-refractivity contribution in [3.63, 3.8) is 0 Å². The molecule has 1 heterocycles. The van der Waals surface area contributed by atoms with Crippen LogP contribution in [0.5, 0.6) is 0 Å². The fourth-order valence-corrected chi connectivity index (χ4v) is 3.25. The Morgan fingerprint density at radius 2 is 1.93 bits per heavy atom. The minimum atomic E-state index is -0.203. The Morgan fingerprint density at radius 3 is 2.69 bits per heavy atom. The van der Waals surface area contributed by atoms with Gasteiger partial charge in [0.05, 0.1) is 19.8 Å². The SMILES string of the molecule is Cc1cccc(C(=O)NC(=NCCN2CCOCC2)Nc2cccc(Cl)c2C)c1. The molecule has 3 rings (SSSR count). The van der Waals surface area contributed by atoms with Crippen molar-refractivity contribution in [2.75, 3.05) is 44.7 Å². The Balaban J connectivity index is 1.73. The predicted octanol–water partition coefficient (Wildman–Crippen LogP) is 3.49. The Labute approximate surface area is 176 Å². The number of aliphatic imine (C=N–C) groups is 1. The largest absolute Gasteiger partial charge is 0.379 e. The fraction of sp³-hybridized carbons (Fsp3) is 0.364. The van der Waals surface area contributed by atoms with Gasteiger partial charge < -0.3 is 10.1 Å². The second-order valence-corrected chi connectivity index (χ2v) is 7.45. The summed E-state index contributed by atoms with van der Waals surface area (Å²) in [5.41, 5.74) is 3.34. The predicted molar refractivity (Wildman–Crippen MR) is 118 cm³/mol. The summed E-state index contributed by atoms with van der Waals surface area (Å²) < 4.78 is 5.38. The molecule has 0 saturated carbocycles. The quantitative estimate of drug-likeness (QED) is 0.580. The molecular formula is C22H27ClN4O2. The van der Waals surface area contributed by atoms with Crippen molar-refractivity contribution < 1.29 is 9.53 Å². The van der Waals surface area contributed by atoms with Crippen LogP contribution < -0.4 is 10.6 Å². The number of ether oxygens (including phenoxy) is 1. The van der Waals surface area contributed by atoms with E-state index in [0.717, 1.165) is 49.7 Å². The Kier molecular flexibility index (Phi) is 7.63. The van der Waals surface area contributed by atoms with E-state index in [1.165, 1.54) is 0 Å². The molecule has 0 bridgehead atoms. The number of aryl methyl sites for hydroxylation is 1. The van der Waals surface area contributed by atoms with Crippen LogP contribution in [0, 0.1) is 13.8 Å². The molecule has 154 valence electrons. The molecule has 0 aliphatic carbocycles. The summed E-state index contributed by atoms with van der Waals surface area (Å²) in [6.45, 7) is 8.57. The van der Waals surface area contributed by atoms with E-state index in [2.05, 4.69) is 20.5 Å². The van der Waals surface area contributed by atoms with E-state index >= 15 is 0 Å². The number of hydrogen-bond donors (Lipinski definition) is 2. The lowest BCUT2D eigenvalue weighted by molar-refractivity contribution is 0.0394. The lowest BCUT2D eigenvalue weighted by atomic mass is 10.1. The van der Waals surface area contributed by atoms with Crippen LogP contribution in [0.3, 0.4) is 0 Å². The number of carbonyl (C=O) groups is 1. The standard InChI is InChI=1S/C22H27ClN4O2/c1-16-5-3-6-18(15-16)21(28)26-22(24-9-10-27-11-13-29-14-12-27)25-20-8-4-7-19(23)17(20)2/h3-8,15H,9-14H2,1-2H3,(H2,24,25,26,28). The van der Waals surface area contributed by atoms with E-state index < -0.39 is 0 Å². The smallest absolute Gasteiger partial charge is 0.257 e. The molecular weight excluding hydrogens is 388 g/mol. The first-order chi connectivity index (χ1) is 14.0. The molecule has 2 aromatic carbocycles. The monoisotopic (exact) mass is 414 g/mol. The molecule has 29 heavy (non-hydrogen) atoms. The van der Waals surface area contributed by atoms with Gasteiger partial charge in [-0.2, -0.15) is 0 Å². The number of nitrogens with zero attached hydrogens (tertiary/aromatic N) is 2. The van der Waals surface area contributed by atoms with E-state index in [-0.39, 0.29) is 5.91 Å². The normalized spacial score (nSPS) is 15.2. The highest BCUT2D eigenvalue weighted by Gasteiger charge is 2.13. The van der Waals surface area contributed by atoms with Crippen molar-refractivity contribution in [1.29, 1.82) is 0 Å². The average Bonchev–Trinajstić information content (AvgIpc) is 2.72. The maximum absolute atomic E-state index is 12.7. The number of hydrogen-bond acceptors (Lipinski definition) is 4. The summed E-state index contributed by atoms with van der Waals surface area (Å²) in [4.78, 5) is 19.7. The first-order valence-corrected chi connectivity index (χ1v) is 10.2. The molecule has 1 aliphatic rings. The first kappa shape index (κ1) is 21.3. The molecule has 7 heteroatoms. The summed E-state index contributed by atoms with van der Waals surface area (Å²) >= 11 is 6.24. The lowest BCUT2D eigenvalue weighted by Crippen LogP contribution is -2.39. The summed E-state index contributed by atoms with van der Waals surface area (Å²) in [6.07, 6.45) is 0. The third-order valence-electron chi connectivity index (χ3n) is 4.82. The second kappa shape index (κ2) is 10.4. The number of benzene rings is 2. The van der Waals surface area contributed by atoms with Gasteiger partial charge in [-0.1, -0.05) is 35.4 Å². The van der Waals surface area contributed by atoms with Gasteiger partial charge in [-0.25, -0.2) is 0 Å². The van der Waals surface area contributed by atoms with Crippen molar-refractivity contribution in [2.45, 2.75) is 13.8 Å². The number of carbonyl (C=O) groups excluding carboxylic acids is 1. The summed E-state index contributed by atoms with van der Waals surface area (Å²) in [5.74, 6) is 0.209. The van der Waals surface area contributed by atoms with Gasteiger partial charge >= 0.3 is 0 Å². The molecule has 2 aromatic rings. The third kappa shape index (κ3) is 6.29. The minimum Gasteiger partial charge on any atom is -0.379 e. The molecule has 0 radical (unpaired) electrons. The summed E-state index contributed by atoms with van der Waals surface area (Å²) in [7, 11) is 0. The van der Waals surface area contributed by atoms with Crippen molar-refractivity contribution in [3.8, 4) is 0 Å². The van der Waals surface area contributed by atoms with Gasteiger partial charge in [-0.15, -0.1) is 0 Å². The van der Waals surface area contributed by atoms with Gasteiger partial charge in [-0.3, -0.25) is 20.0 Å². The number of anilines is 1. The number of nitrogens with one attached hydrogen (secondary N) is 2. The highest BCUT2D eigenvalue weighted by atomic mass is 35.5. The first-order valence-electron chi connectivity index (χ1n) is 9.77. The maximum atomic E-state index is 12.7. The Morgan fingerprint density at radius 1 is 1.17 bits per heavy atom. The van der Waals surface area contributed by atoms with Gasteiger partial charge in [0.15, 0.2) is 0 Å². The molecule has 1 fully saturated rings. The molecule has 0 aromatic heterocycles. The zero-order valence-corrected chi connectivity index (χ0v) is 17.6. The number of amides is 1. The van der Waals surface area contributed by atoms with Crippen molar-refractivity contribution >= 4 is 29.2 Å². The van der Waals surface area contributed by atoms with Crippen LogP contribution in [0.1, 0.15) is 21.5 Å². The van der Waals surface area contributed by atoms with Crippen molar-refractivity contribution in [3.05, 3.63) is 64.2 Å². The van der Waals surface area contributed by atoms with Crippen LogP contribution in [0.2, 0.25) is 5.02 Å². The zero-order chi connectivity index (χ0) is 20.6. The van der Waals surface area contributed by atoms with E-state index in [1.807, 2.05) is 50.2 Å². The molecule has 0 unspecified atom stereocenters. The van der Waals surface area contributed by atoms with E-state index in [9.17, 15) is 4.79 Å². The average molecular weight is 415 g/mol. The van der Waals surface area contributed by atoms with E-state index in [4.69, 9.17) is 16.3 Å². The van der Waals surface area contributed by atoms with Crippen LogP contribution >= 0.6 is 11.6 Å². The number of rotatable bonds is 5. The number of halogens is 1. The molecule has 6 nitrogen and oxygen atoms in total. The Bertz CT molecular complexity index is 879. The zero-order valence-electron chi connectivity index (χ0n) is 16.9. The van der Waals surface area contributed by atoms with E-state index in [1.54, 1.807) is 6.07 Å². The summed E-state index contributed by atoms with van der Waals surface area (Å²) in [5, 5.41) is 6.80. The molecule has 0 atom stereocenters. The van der Waals surface area contributed by atoms with Gasteiger partial charge in [0, 0.05) is 35.9 Å². The summed E-state index contributed by atoms with van der Waals surface area (Å²) in [6, 6.07) is 13.1. The highest BCUT2D eigenvalue weighted by Crippen LogP contribution is 2.22. The third-order valence-corrected chi connectivity index (χ3v) is 5.23. The van der Waals surface area contributed by atoms with Crippen LogP contribution in [-0.2, 0) is 4.74 Å². The van der Waals surface area contributed by atoms with Gasteiger partial charge in [0.25, 0.3) is 5.91 Å². The van der Waals surface area contributed by atoms with E-state index in [0.29, 0.717) is 23.1 Å². The molecule has 2 N–H and O–H groups in total. The van der Waals surface area contributed by atoms with Crippen LogP contribution in [0.25, 0.3) is 0 Å². The second-order valence-electron chi connectivity index (χ2n) is 7.05. The van der Waals surface area contributed by atoms with Gasteiger partial charge in [0.2, 0.25) is 5.96 Å². The number of morpholine rings is 1. The van der Waals surface area contributed by atoms with Crippen molar-refractivity contribution in [2.24, 2.45) is 4.99 Å². The molecule has 1 aliphatic heterocycles. The van der Waals surface area contributed by atoms with Crippen molar-refractivity contribution in [1.82, 2.24) is 10.2 Å². The molecule has 1 amide bonds. The van der Waals surface area contributed by atoms with Gasteiger partial charge in [-0.05, 0) is 43.7 Å². The topological polar surface area (TPSA) is 66.0 Å². The van der Waals surface area contributed by atoms with Crippen LogP contribution in [0.15, 0.2) is 47.5 Å². The van der Waals surface area contributed by atoms with Gasteiger partial charge in [0.1, 0.15) is 0 Å². The lowest BCUT2D eigenvalue weighted by Gasteiger charge is -2.25. The van der Waals surface area contributed by atoms with Crippen LogP contribution in [-0.4, -0.2) is 56.2 Å².